The van der Waals surface area contributed by atoms with Crippen LogP contribution < -0.4 is 0 Å². The molecule has 5 heteroatoms. The van der Waals surface area contributed by atoms with Gasteiger partial charge in [0.1, 0.15) is 12.1 Å². The predicted molar refractivity (Wildman–Crippen MR) is 107 cm³/mol. The predicted octanol–water partition coefficient (Wildman–Crippen LogP) is 5.01. The van der Waals surface area contributed by atoms with Crippen LogP contribution in [0.15, 0.2) is 65.8 Å². The second-order valence-electron chi connectivity index (χ2n) is 6.32. The largest absolute Gasteiger partial charge is 0.300 e. The number of hydrogen-bond donors (Lipinski definition) is 0. The van der Waals surface area contributed by atoms with E-state index < -0.39 is 0 Å². The number of carbonyl (C=O) groups excluding carboxylic acids is 1. The molecule has 26 heavy (non-hydrogen) atoms. The molecular weight excluding hydrogens is 342 g/mol. The number of rotatable bonds is 6. The molecule has 0 atom stereocenters. The molecule has 4 aromatic rings. The molecule has 0 saturated heterocycles. The summed E-state index contributed by atoms with van der Waals surface area (Å²) in [6, 6.07) is 19.0. The average molecular weight is 361 g/mol. The number of Topliss-reactive ketones (excluding diaryl/α,β-unsaturated/α-hetero) is 1. The Morgan fingerprint density at radius 2 is 1.96 bits per heavy atom. The van der Waals surface area contributed by atoms with E-state index in [0.29, 0.717) is 6.42 Å². The summed E-state index contributed by atoms with van der Waals surface area (Å²) < 4.78 is 2.03. The summed E-state index contributed by atoms with van der Waals surface area (Å²) in [5.41, 5.74) is 4.28. The highest BCUT2D eigenvalue weighted by Gasteiger charge is 2.10. The summed E-state index contributed by atoms with van der Waals surface area (Å²) in [6.07, 6.45) is 3.31. The molecule has 0 unspecified atom stereocenters. The topological polar surface area (TPSA) is 47.3 Å². The van der Waals surface area contributed by atoms with Crippen molar-refractivity contribution in [3.63, 3.8) is 0 Å². The molecule has 0 aliphatic rings. The minimum atomic E-state index is 0.253. The fraction of sp³-hybridized carbons (Fsp3) is 0.190. The van der Waals surface area contributed by atoms with E-state index in [1.807, 2.05) is 10.5 Å². The second kappa shape index (κ2) is 7.30. The van der Waals surface area contributed by atoms with Crippen LogP contribution in [0.3, 0.4) is 0 Å². The molecule has 0 N–H and O–H groups in total. The number of nitrogens with zero attached hydrogens (tertiary/aromatic N) is 3. The van der Waals surface area contributed by atoms with Crippen LogP contribution in [0.2, 0.25) is 0 Å². The van der Waals surface area contributed by atoms with Crippen LogP contribution in [-0.4, -0.2) is 26.1 Å². The Labute approximate surface area is 156 Å². The number of pyridine rings is 1. The molecule has 2 heterocycles. The third kappa shape index (κ3) is 3.35. The van der Waals surface area contributed by atoms with Gasteiger partial charge in [-0.3, -0.25) is 4.40 Å². The molecule has 0 aliphatic heterocycles. The quantitative estimate of drug-likeness (QED) is 0.358. The Bertz CT molecular complexity index is 1070. The van der Waals surface area contributed by atoms with Gasteiger partial charge in [-0.1, -0.05) is 36.4 Å². The van der Waals surface area contributed by atoms with Crippen molar-refractivity contribution in [1.82, 2.24) is 14.6 Å². The van der Waals surface area contributed by atoms with Crippen molar-refractivity contribution in [3.05, 3.63) is 60.9 Å². The number of carbonyl (C=O) groups is 1. The first-order chi connectivity index (χ1) is 12.7. The first-order valence-corrected chi connectivity index (χ1v) is 9.65. The van der Waals surface area contributed by atoms with Crippen molar-refractivity contribution in [2.75, 3.05) is 5.75 Å². The van der Waals surface area contributed by atoms with Gasteiger partial charge in [0, 0.05) is 16.7 Å². The molecule has 0 fully saturated rings. The lowest BCUT2D eigenvalue weighted by Gasteiger charge is -2.11. The average Bonchev–Trinajstić information content (AvgIpc) is 3.14. The van der Waals surface area contributed by atoms with Gasteiger partial charge in [-0.15, -0.1) is 22.0 Å². The van der Waals surface area contributed by atoms with E-state index in [1.54, 1.807) is 25.0 Å². The fourth-order valence-corrected chi connectivity index (χ4v) is 4.01. The van der Waals surface area contributed by atoms with Gasteiger partial charge in [0.25, 0.3) is 0 Å². The first-order valence-electron chi connectivity index (χ1n) is 8.66. The van der Waals surface area contributed by atoms with Gasteiger partial charge in [0.05, 0.1) is 5.52 Å². The minimum absolute atomic E-state index is 0.253. The standard InChI is InChI=1S/C21H19N3OS/c1-15(25)6-5-11-26-17-9-10-18-19(16-7-3-2-4-8-16)13-21-23-22-14-24(21)20(18)12-17/h2-4,7-10,12-14H,5-6,11H2,1H3. The molecule has 130 valence electrons. The van der Waals surface area contributed by atoms with Crippen LogP contribution >= 0.6 is 11.8 Å². The normalized spacial score (nSPS) is 11.3. The van der Waals surface area contributed by atoms with Crippen LogP contribution in [-0.2, 0) is 4.79 Å². The van der Waals surface area contributed by atoms with E-state index in [1.165, 1.54) is 15.8 Å². The van der Waals surface area contributed by atoms with Crippen molar-refractivity contribution in [1.29, 1.82) is 0 Å². The maximum Gasteiger partial charge on any atom is 0.161 e. The molecule has 0 amide bonds. The maximum absolute atomic E-state index is 11.1. The Hall–Kier alpha value is -2.66. The van der Waals surface area contributed by atoms with Crippen LogP contribution in [0.5, 0.6) is 0 Å². The zero-order valence-electron chi connectivity index (χ0n) is 14.6. The monoisotopic (exact) mass is 361 g/mol. The van der Waals surface area contributed by atoms with E-state index in [0.717, 1.165) is 28.9 Å². The molecule has 2 aromatic carbocycles. The van der Waals surface area contributed by atoms with Gasteiger partial charge in [-0.05, 0) is 48.4 Å². The highest BCUT2D eigenvalue weighted by Crippen LogP contribution is 2.32. The summed E-state index contributed by atoms with van der Waals surface area (Å²) in [5, 5.41) is 9.50. The smallest absolute Gasteiger partial charge is 0.161 e. The van der Waals surface area contributed by atoms with Crippen molar-refractivity contribution in [3.8, 4) is 11.1 Å². The van der Waals surface area contributed by atoms with E-state index >= 15 is 0 Å². The summed E-state index contributed by atoms with van der Waals surface area (Å²) in [6.45, 7) is 1.65. The highest BCUT2D eigenvalue weighted by molar-refractivity contribution is 7.99. The Kier molecular flexibility index (Phi) is 4.71. The molecule has 0 radical (unpaired) electrons. The van der Waals surface area contributed by atoms with Gasteiger partial charge < -0.3 is 4.79 Å². The summed E-state index contributed by atoms with van der Waals surface area (Å²) in [7, 11) is 0. The molecule has 0 bridgehead atoms. The Morgan fingerprint density at radius 3 is 2.77 bits per heavy atom. The van der Waals surface area contributed by atoms with Crippen LogP contribution in [0.1, 0.15) is 19.8 Å². The Morgan fingerprint density at radius 1 is 1.12 bits per heavy atom. The minimum Gasteiger partial charge on any atom is -0.300 e. The zero-order valence-corrected chi connectivity index (χ0v) is 15.4. The SMILES string of the molecule is CC(=O)CCCSc1ccc2c(-c3ccccc3)cc3nncn3c2c1. The van der Waals surface area contributed by atoms with Gasteiger partial charge in [-0.2, -0.15) is 0 Å². The van der Waals surface area contributed by atoms with Gasteiger partial charge in [0.2, 0.25) is 0 Å². The molecule has 0 spiro atoms. The van der Waals surface area contributed by atoms with Crippen molar-refractivity contribution in [2.45, 2.75) is 24.7 Å². The zero-order chi connectivity index (χ0) is 17.9. The highest BCUT2D eigenvalue weighted by atomic mass is 32.2. The summed E-state index contributed by atoms with van der Waals surface area (Å²) in [4.78, 5) is 12.3. The second-order valence-corrected chi connectivity index (χ2v) is 7.48. The number of aromatic nitrogens is 3. The van der Waals surface area contributed by atoms with Crippen LogP contribution in [0.4, 0.5) is 0 Å². The molecule has 2 aromatic heterocycles. The fourth-order valence-electron chi connectivity index (χ4n) is 3.13. The van der Waals surface area contributed by atoms with E-state index in [-0.39, 0.29) is 5.78 Å². The van der Waals surface area contributed by atoms with E-state index in [4.69, 9.17) is 0 Å². The lowest BCUT2D eigenvalue weighted by molar-refractivity contribution is -0.117. The number of benzene rings is 2. The van der Waals surface area contributed by atoms with E-state index in [9.17, 15) is 4.79 Å². The number of hydrogen-bond acceptors (Lipinski definition) is 4. The third-order valence-corrected chi connectivity index (χ3v) is 5.47. The van der Waals surface area contributed by atoms with Crippen LogP contribution in [0, 0.1) is 0 Å². The molecule has 4 nitrogen and oxygen atoms in total. The molecule has 0 saturated carbocycles. The van der Waals surface area contributed by atoms with E-state index in [2.05, 4.69) is 58.7 Å². The number of fused-ring (bicyclic) bond motifs is 3. The maximum atomic E-state index is 11.1. The number of thioether (sulfide) groups is 1. The van der Waals surface area contributed by atoms with Gasteiger partial charge in [-0.25, -0.2) is 0 Å². The van der Waals surface area contributed by atoms with Crippen molar-refractivity contribution < 1.29 is 4.79 Å². The van der Waals surface area contributed by atoms with Gasteiger partial charge >= 0.3 is 0 Å². The molecular formula is C21H19N3OS. The first kappa shape index (κ1) is 16.8. The third-order valence-electron chi connectivity index (χ3n) is 4.39. The number of ketones is 1. The Balaban J connectivity index is 1.76. The van der Waals surface area contributed by atoms with Crippen LogP contribution in [0.25, 0.3) is 27.7 Å². The molecule has 0 aliphatic carbocycles. The summed E-state index contributed by atoms with van der Waals surface area (Å²) in [5.74, 6) is 1.19. The van der Waals surface area contributed by atoms with Crippen molar-refractivity contribution in [2.24, 2.45) is 0 Å². The van der Waals surface area contributed by atoms with Crippen molar-refractivity contribution >= 4 is 34.1 Å². The lowest BCUT2D eigenvalue weighted by Crippen LogP contribution is -1.93. The van der Waals surface area contributed by atoms with Gasteiger partial charge in [0.15, 0.2) is 5.65 Å². The summed E-state index contributed by atoms with van der Waals surface area (Å²) >= 11 is 1.78. The lowest BCUT2D eigenvalue weighted by atomic mass is 10.0. The molecule has 4 rings (SSSR count).